The van der Waals surface area contributed by atoms with Crippen LogP contribution in [0.3, 0.4) is 0 Å². The summed E-state index contributed by atoms with van der Waals surface area (Å²) in [4.78, 5) is 0. The molecule has 0 rings (SSSR count). The van der Waals surface area contributed by atoms with Gasteiger partial charge in [-0.15, -0.1) is 0 Å². The number of hydrogen-bond donors (Lipinski definition) is 1. The number of methoxy groups -OCH3 is 2. The van der Waals surface area contributed by atoms with Crippen molar-refractivity contribution in [1.29, 1.82) is 0 Å². The summed E-state index contributed by atoms with van der Waals surface area (Å²) in [6.45, 7) is 2.46. The van der Waals surface area contributed by atoms with Gasteiger partial charge in [0.2, 0.25) is 10.0 Å². The van der Waals surface area contributed by atoms with Crippen molar-refractivity contribution in [3.05, 3.63) is 0 Å². The number of ether oxygens (including phenoxy) is 2. The predicted molar refractivity (Wildman–Crippen MR) is 54.8 cm³/mol. The van der Waals surface area contributed by atoms with Crippen LogP contribution in [0, 0.1) is 0 Å². The summed E-state index contributed by atoms with van der Waals surface area (Å²) < 4.78 is 34.8. The van der Waals surface area contributed by atoms with Crippen LogP contribution in [0.15, 0.2) is 0 Å². The molecule has 0 aliphatic rings. The third-order valence-corrected chi connectivity index (χ3v) is 3.24. The van der Waals surface area contributed by atoms with Crippen molar-refractivity contribution in [2.45, 2.75) is 19.4 Å². The Kier molecular flexibility index (Phi) is 7.08. The number of rotatable bonds is 8. The highest BCUT2D eigenvalue weighted by molar-refractivity contribution is 7.89. The average molecular weight is 225 g/mol. The lowest BCUT2D eigenvalue weighted by Crippen LogP contribution is -2.36. The third-order valence-electron chi connectivity index (χ3n) is 1.69. The Bertz CT molecular complexity index is 227. The molecular formula is C8H19NO4S. The molecule has 6 heteroatoms. The Balaban J connectivity index is 3.89. The van der Waals surface area contributed by atoms with Gasteiger partial charge in [-0.3, -0.25) is 0 Å². The second-order valence-electron chi connectivity index (χ2n) is 2.98. The lowest BCUT2D eigenvalue weighted by molar-refractivity contribution is 0.0320. The van der Waals surface area contributed by atoms with Gasteiger partial charge in [0.05, 0.1) is 18.5 Å². The first kappa shape index (κ1) is 13.8. The Labute approximate surface area is 85.8 Å². The van der Waals surface area contributed by atoms with E-state index in [0.717, 1.165) is 0 Å². The maximum absolute atomic E-state index is 11.2. The lowest BCUT2D eigenvalue weighted by atomic mass is 10.4. The first-order valence-corrected chi connectivity index (χ1v) is 6.20. The smallest absolute Gasteiger partial charge is 0.211 e. The molecule has 0 aliphatic heterocycles. The number of hydrogen-bond acceptors (Lipinski definition) is 4. The average Bonchev–Trinajstić information content (AvgIpc) is 2.12. The zero-order valence-electron chi connectivity index (χ0n) is 8.95. The van der Waals surface area contributed by atoms with Crippen LogP contribution >= 0.6 is 0 Å². The minimum absolute atomic E-state index is 0.149. The molecule has 0 saturated carbocycles. The molecule has 0 radical (unpaired) electrons. The molecule has 0 amide bonds. The Morgan fingerprint density at radius 3 is 2.43 bits per heavy atom. The summed E-state index contributed by atoms with van der Waals surface area (Å²) in [5, 5.41) is 0. The van der Waals surface area contributed by atoms with Crippen LogP contribution in [-0.2, 0) is 19.5 Å². The van der Waals surface area contributed by atoms with Gasteiger partial charge in [0.1, 0.15) is 0 Å². The fraction of sp³-hybridized carbons (Fsp3) is 1.00. The van der Waals surface area contributed by atoms with E-state index in [2.05, 4.69) is 4.72 Å². The van der Waals surface area contributed by atoms with Gasteiger partial charge in [-0.05, 0) is 6.42 Å². The molecule has 0 bridgehead atoms. The topological polar surface area (TPSA) is 64.6 Å². The van der Waals surface area contributed by atoms with E-state index >= 15 is 0 Å². The van der Waals surface area contributed by atoms with Crippen molar-refractivity contribution >= 4 is 10.0 Å². The first-order valence-electron chi connectivity index (χ1n) is 4.54. The van der Waals surface area contributed by atoms with Gasteiger partial charge < -0.3 is 9.47 Å². The van der Waals surface area contributed by atoms with Gasteiger partial charge in [0, 0.05) is 20.8 Å². The number of nitrogens with one attached hydrogen (secondary N) is 1. The third kappa shape index (κ3) is 6.31. The molecule has 1 atom stereocenters. The van der Waals surface area contributed by atoms with E-state index in [-0.39, 0.29) is 18.4 Å². The molecule has 86 valence electrons. The van der Waals surface area contributed by atoms with Crippen LogP contribution in [0.1, 0.15) is 13.3 Å². The summed E-state index contributed by atoms with van der Waals surface area (Å²) in [6.07, 6.45) is 0.378. The molecule has 0 fully saturated rings. The molecule has 0 aliphatic carbocycles. The zero-order valence-corrected chi connectivity index (χ0v) is 9.76. The van der Waals surface area contributed by atoms with Crippen molar-refractivity contribution in [1.82, 2.24) is 4.72 Å². The van der Waals surface area contributed by atoms with E-state index in [1.807, 2.05) is 6.92 Å². The fourth-order valence-electron chi connectivity index (χ4n) is 0.957. The number of sulfonamides is 1. The van der Waals surface area contributed by atoms with Crippen LogP contribution in [0.2, 0.25) is 0 Å². The molecule has 0 spiro atoms. The molecule has 0 aromatic carbocycles. The van der Waals surface area contributed by atoms with Crippen LogP contribution in [-0.4, -0.2) is 47.6 Å². The quantitative estimate of drug-likeness (QED) is 0.630. The van der Waals surface area contributed by atoms with Gasteiger partial charge in [-0.2, -0.15) is 0 Å². The van der Waals surface area contributed by atoms with Crippen LogP contribution in [0.25, 0.3) is 0 Å². The van der Waals surface area contributed by atoms with Crippen LogP contribution < -0.4 is 4.72 Å². The standard InChI is InChI=1S/C8H19NO4S/c1-4-5-14(10,11)9-6-8(13-3)7-12-2/h8-9H,4-7H2,1-3H3. The summed E-state index contributed by atoms with van der Waals surface area (Å²) in [6, 6.07) is 0. The minimum atomic E-state index is -3.14. The zero-order chi connectivity index (χ0) is 11.0. The fourth-order valence-corrected chi connectivity index (χ4v) is 2.08. The molecule has 0 aromatic heterocycles. The normalized spacial score (nSPS) is 14.2. The van der Waals surface area contributed by atoms with E-state index in [4.69, 9.17) is 9.47 Å². The maximum atomic E-state index is 11.2. The monoisotopic (exact) mass is 225 g/mol. The van der Waals surface area contributed by atoms with E-state index < -0.39 is 10.0 Å². The minimum Gasteiger partial charge on any atom is -0.382 e. The van der Waals surface area contributed by atoms with Gasteiger partial charge in [0.15, 0.2) is 0 Å². The molecule has 0 heterocycles. The van der Waals surface area contributed by atoms with Crippen molar-refractivity contribution in [2.24, 2.45) is 0 Å². The summed E-state index contributed by atoms with van der Waals surface area (Å²) in [5.74, 6) is 0.149. The van der Waals surface area contributed by atoms with Crippen LogP contribution in [0.5, 0.6) is 0 Å². The summed E-state index contributed by atoms with van der Waals surface area (Å²) in [5.41, 5.74) is 0. The largest absolute Gasteiger partial charge is 0.382 e. The van der Waals surface area contributed by atoms with Crippen molar-refractivity contribution in [3.8, 4) is 0 Å². The highest BCUT2D eigenvalue weighted by atomic mass is 32.2. The van der Waals surface area contributed by atoms with Crippen LogP contribution in [0.4, 0.5) is 0 Å². The van der Waals surface area contributed by atoms with Crippen molar-refractivity contribution in [2.75, 3.05) is 33.1 Å². The maximum Gasteiger partial charge on any atom is 0.211 e. The molecule has 5 nitrogen and oxygen atoms in total. The Hall–Kier alpha value is -0.170. The Morgan fingerprint density at radius 2 is 2.00 bits per heavy atom. The molecule has 0 aromatic rings. The van der Waals surface area contributed by atoms with E-state index in [0.29, 0.717) is 13.0 Å². The van der Waals surface area contributed by atoms with E-state index in [9.17, 15) is 8.42 Å². The second-order valence-corrected chi connectivity index (χ2v) is 4.91. The van der Waals surface area contributed by atoms with Gasteiger partial charge in [0.25, 0.3) is 0 Å². The highest BCUT2D eigenvalue weighted by Gasteiger charge is 2.12. The van der Waals surface area contributed by atoms with Gasteiger partial charge in [-0.25, -0.2) is 13.1 Å². The highest BCUT2D eigenvalue weighted by Crippen LogP contribution is 1.93. The van der Waals surface area contributed by atoms with E-state index in [1.165, 1.54) is 7.11 Å². The van der Waals surface area contributed by atoms with Gasteiger partial charge >= 0.3 is 0 Å². The van der Waals surface area contributed by atoms with E-state index in [1.54, 1.807) is 7.11 Å². The van der Waals surface area contributed by atoms with Crippen molar-refractivity contribution in [3.63, 3.8) is 0 Å². The van der Waals surface area contributed by atoms with Crippen molar-refractivity contribution < 1.29 is 17.9 Å². The molecule has 14 heavy (non-hydrogen) atoms. The first-order chi connectivity index (χ1) is 6.55. The SMILES string of the molecule is CCCS(=O)(=O)NCC(COC)OC. The predicted octanol–water partition coefficient (Wildman–Crippen LogP) is -0.0228. The molecular weight excluding hydrogens is 206 g/mol. The molecule has 1 N–H and O–H groups in total. The Morgan fingerprint density at radius 1 is 1.36 bits per heavy atom. The second kappa shape index (κ2) is 7.17. The lowest BCUT2D eigenvalue weighted by Gasteiger charge is -2.14. The molecule has 0 saturated heterocycles. The summed E-state index contributed by atoms with van der Waals surface area (Å²) >= 11 is 0. The molecule has 1 unspecified atom stereocenters. The van der Waals surface area contributed by atoms with Gasteiger partial charge in [-0.1, -0.05) is 6.92 Å². The summed E-state index contributed by atoms with van der Waals surface area (Å²) in [7, 11) is -0.0669.